The highest BCUT2D eigenvalue weighted by molar-refractivity contribution is 9.10. The molecule has 0 bridgehead atoms. The number of amides is 1. The summed E-state index contributed by atoms with van der Waals surface area (Å²) in [4.78, 5) is 22.7. The monoisotopic (exact) mass is 351 g/mol. The Morgan fingerprint density at radius 2 is 1.95 bits per heavy atom. The summed E-state index contributed by atoms with van der Waals surface area (Å²) < 4.78 is 13.5. The quantitative estimate of drug-likeness (QED) is 0.886. The molecule has 0 radical (unpaired) electrons. The normalized spacial score (nSPS) is 10.2. The standard InChI is InChI=1S/C15H11BrFNO3/c16-12-8-10(15(20)21)4-5-13(12)18-14(19)7-9-2-1-3-11(17)6-9/h1-6,8H,7H2,(H,18,19)(H,20,21). The number of hydrogen-bond donors (Lipinski definition) is 2. The summed E-state index contributed by atoms with van der Waals surface area (Å²) in [6.45, 7) is 0. The Morgan fingerprint density at radius 3 is 2.57 bits per heavy atom. The van der Waals surface area contributed by atoms with E-state index < -0.39 is 11.8 Å². The van der Waals surface area contributed by atoms with Gasteiger partial charge in [0, 0.05) is 4.47 Å². The van der Waals surface area contributed by atoms with Crippen LogP contribution in [0.1, 0.15) is 15.9 Å². The topological polar surface area (TPSA) is 66.4 Å². The van der Waals surface area contributed by atoms with Gasteiger partial charge in [0.1, 0.15) is 5.82 Å². The molecular weight excluding hydrogens is 341 g/mol. The van der Waals surface area contributed by atoms with Crippen LogP contribution >= 0.6 is 15.9 Å². The minimum absolute atomic E-state index is 0.0326. The Morgan fingerprint density at radius 1 is 1.19 bits per heavy atom. The minimum atomic E-state index is -1.05. The van der Waals surface area contributed by atoms with Gasteiger partial charge in [-0.2, -0.15) is 0 Å². The molecule has 0 saturated carbocycles. The Labute approximate surface area is 128 Å². The molecule has 0 aromatic heterocycles. The number of benzene rings is 2. The first kappa shape index (κ1) is 15.2. The van der Waals surface area contributed by atoms with Gasteiger partial charge in [-0.15, -0.1) is 0 Å². The lowest BCUT2D eigenvalue weighted by molar-refractivity contribution is -0.115. The summed E-state index contributed by atoms with van der Waals surface area (Å²) in [5.74, 6) is -1.76. The highest BCUT2D eigenvalue weighted by atomic mass is 79.9. The van der Waals surface area contributed by atoms with Crippen LogP contribution in [0.15, 0.2) is 46.9 Å². The van der Waals surface area contributed by atoms with E-state index in [2.05, 4.69) is 21.2 Å². The summed E-state index contributed by atoms with van der Waals surface area (Å²) in [6.07, 6.45) is 0.0326. The molecule has 0 fully saturated rings. The zero-order valence-electron chi connectivity index (χ0n) is 10.8. The molecule has 0 aliphatic rings. The molecule has 0 atom stereocenters. The van der Waals surface area contributed by atoms with Gasteiger partial charge >= 0.3 is 5.97 Å². The van der Waals surface area contributed by atoms with Crippen LogP contribution in [0.4, 0.5) is 10.1 Å². The van der Waals surface area contributed by atoms with Crippen molar-refractivity contribution < 1.29 is 19.1 Å². The average Bonchev–Trinajstić information content (AvgIpc) is 2.40. The predicted octanol–water partition coefficient (Wildman–Crippen LogP) is 3.47. The molecule has 2 N–H and O–H groups in total. The van der Waals surface area contributed by atoms with E-state index in [4.69, 9.17) is 5.11 Å². The van der Waals surface area contributed by atoms with Crippen LogP contribution in [0, 0.1) is 5.82 Å². The van der Waals surface area contributed by atoms with Gasteiger partial charge in [-0.3, -0.25) is 4.79 Å². The second-order valence-corrected chi connectivity index (χ2v) is 5.21. The van der Waals surface area contributed by atoms with E-state index in [1.54, 1.807) is 6.07 Å². The molecule has 0 aliphatic carbocycles. The van der Waals surface area contributed by atoms with Crippen molar-refractivity contribution in [2.75, 3.05) is 5.32 Å². The molecule has 2 aromatic rings. The van der Waals surface area contributed by atoms with Crippen molar-refractivity contribution in [3.05, 3.63) is 63.9 Å². The van der Waals surface area contributed by atoms with Gasteiger partial charge in [0.05, 0.1) is 17.7 Å². The molecule has 2 aromatic carbocycles. The molecule has 4 nitrogen and oxygen atoms in total. The first-order valence-electron chi connectivity index (χ1n) is 6.03. The number of carbonyl (C=O) groups excluding carboxylic acids is 1. The highest BCUT2D eigenvalue weighted by Crippen LogP contribution is 2.24. The van der Waals surface area contributed by atoms with Crippen molar-refractivity contribution in [3.8, 4) is 0 Å². The van der Waals surface area contributed by atoms with Crippen molar-refractivity contribution >= 4 is 33.5 Å². The summed E-state index contributed by atoms with van der Waals surface area (Å²) >= 11 is 3.20. The van der Waals surface area contributed by atoms with Crippen molar-refractivity contribution in [3.63, 3.8) is 0 Å². The van der Waals surface area contributed by atoms with Crippen LogP contribution in [-0.2, 0) is 11.2 Å². The van der Waals surface area contributed by atoms with E-state index in [1.807, 2.05) is 0 Å². The number of carboxylic acid groups (broad SMARTS) is 1. The maximum Gasteiger partial charge on any atom is 0.335 e. The molecule has 0 unspecified atom stereocenters. The third kappa shape index (κ3) is 4.13. The number of carboxylic acids is 1. The van der Waals surface area contributed by atoms with E-state index in [0.29, 0.717) is 15.7 Å². The van der Waals surface area contributed by atoms with Crippen molar-refractivity contribution in [1.82, 2.24) is 0 Å². The van der Waals surface area contributed by atoms with Gasteiger partial charge in [-0.1, -0.05) is 12.1 Å². The number of halogens is 2. The second-order valence-electron chi connectivity index (χ2n) is 4.35. The molecule has 2 rings (SSSR count). The average molecular weight is 352 g/mol. The van der Waals surface area contributed by atoms with Gasteiger partial charge in [0.25, 0.3) is 0 Å². The Balaban J connectivity index is 2.08. The van der Waals surface area contributed by atoms with E-state index in [0.717, 1.165) is 0 Å². The molecule has 0 aliphatic heterocycles. The fourth-order valence-corrected chi connectivity index (χ4v) is 2.25. The summed E-state index contributed by atoms with van der Waals surface area (Å²) in [6, 6.07) is 10.1. The number of carbonyl (C=O) groups is 2. The number of hydrogen-bond acceptors (Lipinski definition) is 2. The van der Waals surface area contributed by atoms with Crippen LogP contribution in [0.5, 0.6) is 0 Å². The second kappa shape index (κ2) is 6.49. The molecule has 108 valence electrons. The van der Waals surface area contributed by atoms with Crippen LogP contribution in [0.2, 0.25) is 0 Å². The number of aromatic carboxylic acids is 1. The summed E-state index contributed by atoms with van der Waals surface area (Å²) in [5, 5.41) is 11.5. The van der Waals surface area contributed by atoms with Gasteiger partial charge in [0.2, 0.25) is 5.91 Å². The fraction of sp³-hybridized carbons (Fsp3) is 0.0667. The van der Waals surface area contributed by atoms with Crippen LogP contribution in [-0.4, -0.2) is 17.0 Å². The third-order valence-corrected chi connectivity index (χ3v) is 3.40. The third-order valence-electron chi connectivity index (χ3n) is 2.74. The maximum absolute atomic E-state index is 13.0. The highest BCUT2D eigenvalue weighted by Gasteiger charge is 2.10. The maximum atomic E-state index is 13.0. The van der Waals surface area contributed by atoms with E-state index in [-0.39, 0.29) is 17.9 Å². The van der Waals surface area contributed by atoms with Crippen molar-refractivity contribution in [1.29, 1.82) is 0 Å². The largest absolute Gasteiger partial charge is 0.478 e. The van der Waals surface area contributed by atoms with Crippen LogP contribution in [0.3, 0.4) is 0 Å². The van der Waals surface area contributed by atoms with E-state index in [1.165, 1.54) is 36.4 Å². The zero-order valence-corrected chi connectivity index (χ0v) is 12.4. The Kier molecular flexibility index (Phi) is 4.70. The lowest BCUT2D eigenvalue weighted by Gasteiger charge is -2.08. The minimum Gasteiger partial charge on any atom is -0.478 e. The molecule has 0 saturated heterocycles. The van der Waals surface area contributed by atoms with Crippen LogP contribution < -0.4 is 5.32 Å². The lowest BCUT2D eigenvalue weighted by atomic mass is 10.1. The van der Waals surface area contributed by atoms with E-state index >= 15 is 0 Å². The van der Waals surface area contributed by atoms with Gasteiger partial charge in [-0.25, -0.2) is 9.18 Å². The molecular formula is C15H11BrFNO3. The van der Waals surface area contributed by atoms with Gasteiger partial charge in [0.15, 0.2) is 0 Å². The first-order chi connectivity index (χ1) is 9.95. The molecule has 1 amide bonds. The number of nitrogens with one attached hydrogen (secondary N) is 1. The van der Waals surface area contributed by atoms with Gasteiger partial charge < -0.3 is 10.4 Å². The van der Waals surface area contributed by atoms with Crippen LogP contribution in [0.25, 0.3) is 0 Å². The Hall–Kier alpha value is -2.21. The van der Waals surface area contributed by atoms with Gasteiger partial charge in [-0.05, 0) is 51.8 Å². The molecule has 21 heavy (non-hydrogen) atoms. The SMILES string of the molecule is O=C(Cc1cccc(F)c1)Nc1ccc(C(=O)O)cc1Br. The summed E-state index contributed by atoms with van der Waals surface area (Å²) in [5.41, 5.74) is 1.14. The lowest BCUT2D eigenvalue weighted by Crippen LogP contribution is -2.15. The number of rotatable bonds is 4. The summed E-state index contributed by atoms with van der Waals surface area (Å²) in [7, 11) is 0. The molecule has 0 spiro atoms. The smallest absolute Gasteiger partial charge is 0.335 e. The fourth-order valence-electron chi connectivity index (χ4n) is 1.78. The van der Waals surface area contributed by atoms with Crippen molar-refractivity contribution in [2.45, 2.75) is 6.42 Å². The molecule has 0 heterocycles. The molecule has 6 heteroatoms. The predicted molar refractivity (Wildman–Crippen MR) is 79.8 cm³/mol. The Bertz CT molecular complexity index is 703. The first-order valence-corrected chi connectivity index (χ1v) is 6.82. The zero-order chi connectivity index (χ0) is 15.4. The van der Waals surface area contributed by atoms with E-state index in [9.17, 15) is 14.0 Å². The number of anilines is 1. The van der Waals surface area contributed by atoms with Crippen molar-refractivity contribution in [2.24, 2.45) is 0 Å².